The molecule has 0 saturated heterocycles. The number of fused-ring (bicyclic) bond motifs is 1. The molecular formula is C14H12Cl3N3O3. The Morgan fingerprint density at radius 3 is 2.65 bits per heavy atom. The summed E-state index contributed by atoms with van der Waals surface area (Å²) in [6, 6.07) is 4.54. The van der Waals surface area contributed by atoms with E-state index in [0.29, 0.717) is 26.3 Å². The van der Waals surface area contributed by atoms with Gasteiger partial charge in [0.1, 0.15) is 12.2 Å². The van der Waals surface area contributed by atoms with Gasteiger partial charge in [-0.2, -0.15) is 5.06 Å². The Morgan fingerprint density at radius 2 is 1.96 bits per heavy atom. The summed E-state index contributed by atoms with van der Waals surface area (Å²) < 4.78 is 0.581. The third-order valence-electron chi connectivity index (χ3n) is 3.42. The number of hydrogen-bond donors (Lipinski definition) is 1. The molecule has 0 saturated carbocycles. The average Bonchev–Trinajstić information content (AvgIpc) is 2.49. The van der Waals surface area contributed by atoms with Crippen LogP contribution in [0.1, 0.15) is 5.56 Å². The summed E-state index contributed by atoms with van der Waals surface area (Å²) in [7, 11) is 0. The molecule has 0 aromatic heterocycles. The van der Waals surface area contributed by atoms with E-state index in [1.807, 2.05) is 0 Å². The maximum atomic E-state index is 12.4. The van der Waals surface area contributed by atoms with Crippen molar-refractivity contribution in [2.24, 2.45) is 0 Å². The molecule has 1 unspecified atom stereocenters. The Balaban J connectivity index is 0.00000192. The minimum Gasteiger partial charge on any atom is -0.714 e. The predicted molar refractivity (Wildman–Crippen MR) is 88.6 cm³/mol. The molecule has 0 aliphatic carbocycles. The Hall–Kier alpha value is -1.73. The number of halogens is 3. The molecule has 1 atom stereocenters. The monoisotopic (exact) mass is 375 g/mol. The van der Waals surface area contributed by atoms with E-state index < -0.39 is 11.9 Å². The van der Waals surface area contributed by atoms with E-state index in [0.717, 1.165) is 5.56 Å². The first-order chi connectivity index (χ1) is 10.5. The van der Waals surface area contributed by atoms with E-state index in [-0.39, 0.29) is 18.2 Å². The zero-order valence-electron chi connectivity index (χ0n) is 11.6. The minimum atomic E-state index is -0.777. The lowest BCUT2D eigenvalue weighted by Crippen LogP contribution is -2.50. The molecule has 0 radical (unpaired) electrons. The molecule has 2 aliphatic rings. The van der Waals surface area contributed by atoms with Crippen LogP contribution in [0.4, 0.5) is 0 Å². The van der Waals surface area contributed by atoms with Crippen LogP contribution in [0.3, 0.4) is 0 Å². The lowest BCUT2D eigenvalue weighted by Gasteiger charge is -2.30. The molecule has 23 heavy (non-hydrogen) atoms. The molecule has 1 amide bonds. The van der Waals surface area contributed by atoms with Crippen LogP contribution in [0.2, 0.25) is 10.0 Å². The van der Waals surface area contributed by atoms with Gasteiger partial charge < -0.3 is 5.21 Å². The van der Waals surface area contributed by atoms with E-state index in [1.54, 1.807) is 30.5 Å². The lowest BCUT2D eigenvalue weighted by molar-refractivity contribution is -0.493. The average molecular weight is 377 g/mol. The Morgan fingerprint density at radius 1 is 1.22 bits per heavy atom. The fourth-order valence-corrected chi connectivity index (χ4v) is 2.62. The second-order valence-electron chi connectivity index (χ2n) is 4.87. The van der Waals surface area contributed by atoms with Crippen molar-refractivity contribution in [1.29, 1.82) is 0 Å². The number of amidine groups is 1. The topological polar surface area (TPSA) is 69.9 Å². The summed E-state index contributed by atoms with van der Waals surface area (Å²) in [5.74, 6) is -0.932. The van der Waals surface area contributed by atoms with Crippen LogP contribution in [0, 0.1) is 5.21 Å². The van der Waals surface area contributed by atoms with Gasteiger partial charge in [-0.25, -0.2) is 4.90 Å². The summed E-state index contributed by atoms with van der Waals surface area (Å²) in [6.45, 7) is 0. The summed E-state index contributed by atoms with van der Waals surface area (Å²) in [5.41, 5.74) is 0.818. The second-order valence-corrected chi connectivity index (χ2v) is 5.68. The van der Waals surface area contributed by atoms with Gasteiger partial charge in [-0.05, 0) is 17.7 Å². The summed E-state index contributed by atoms with van der Waals surface area (Å²) >= 11 is 11.8. The van der Waals surface area contributed by atoms with Crippen molar-refractivity contribution in [2.45, 2.75) is 12.5 Å². The van der Waals surface area contributed by atoms with Crippen LogP contribution >= 0.6 is 35.6 Å². The number of rotatable bonds is 2. The van der Waals surface area contributed by atoms with Crippen molar-refractivity contribution in [3.05, 3.63) is 63.7 Å². The number of carbonyl (C=O) groups excluding carboxylic acids is 1. The highest BCUT2D eigenvalue weighted by atomic mass is 35.5. The Bertz CT molecular complexity index is 733. The molecule has 0 fully saturated rings. The van der Waals surface area contributed by atoms with Crippen molar-refractivity contribution in [3.63, 3.8) is 0 Å². The number of hydroxylamine groups is 3. The SMILES string of the molecule is Cl.O=C1C2=[N+]([O-])C(Cc3ccc(Cl)c(Cl)c3)C=CN2C=CN1O. The highest BCUT2D eigenvalue weighted by molar-refractivity contribution is 6.42. The maximum absolute atomic E-state index is 12.4. The molecule has 122 valence electrons. The van der Waals surface area contributed by atoms with Gasteiger partial charge in [-0.3, -0.25) is 14.7 Å². The van der Waals surface area contributed by atoms with E-state index in [2.05, 4.69) is 0 Å². The predicted octanol–water partition coefficient (Wildman–Crippen LogP) is 2.77. The van der Waals surface area contributed by atoms with Gasteiger partial charge in [0.15, 0.2) is 0 Å². The Labute approximate surface area is 148 Å². The van der Waals surface area contributed by atoms with Gasteiger partial charge in [-0.15, -0.1) is 12.4 Å². The molecule has 1 N–H and O–H groups in total. The van der Waals surface area contributed by atoms with Crippen LogP contribution in [0.15, 0.2) is 42.9 Å². The number of hydrogen-bond acceptors (Lipinski definition) is 4. The minimum absolute atomic E-state index is 0. The van der Waals surface area contributed by atoms with Gasteiger partial charge >= 0.3 is 11.7 Å². The first-order valence-electron chi connectivity index (χ1n) is 6.42. The van der Waals surface area contributed by atoms with Gasteiger partial charge in [0.2, 0.25) is 0 Å². The number of carbonyl (C=O) groups is 1. The first kappa shape index (κ1) is 17.6. The highest BCUT2D eigenvalue weighted by Crippen LogP contribution is 2.24. The zero-order valence-corrected chi connectivity index (χ0v) is 13.9. The fraction of sp³-hybridized carbons (Fsp3) is 0.143. The first-order valence-corrected chi connectivity index (χ1v) is 7.17. The third-order valence-corrected chi connectivity index (χ3v) is 4.16. The van der Waals surface area contributed by atoms with E-state index in [9.17, 15) is 15.2 Å². The molecular weight excluding hydrogens is 365 g/mol. The summed E-state index contributed by atoms with van der Waals surface area (Å²) in [4.78, 5) is 13.3. The maximum Gasteiger partial charge on any atom is 0.364 e. The largest absolute Gasteiger partial charge is 0.714 e. The van der Waals surface area contributed by atoms with E-state index in [1.165, 1.54) is 17.3 Å². The fourth-order valence-electron chi connectivity index (χ4n) is 2.30. The molecule has 1 aromatic carbocycles. The lowest BCUT2D eigenvalue weighted by atomic mass is 10.0. The van der Waals surface area contributed by atoms with Crippen molar-refractivity contribution < 1.29 is 14.7 Å². The number of amides is 1. The van der Waals surface area contributed by atoms with Gasteiger partial charge in [0, 0.05) is 12.5 Å². The van der Waals surface area contributed by atoms with Gasteiger partial charge in [-0.1, -0.05) is 29.3 Å². The molecule has 0 bridgehead atoms. The Kier molecular flexibility index (Phi) is 5.21. The van der Waals surface area contributed by atoms with Crippen LogP contribution in [0.5, 0.6) is 0 Å². The normalized spacial score (nSPS) is 19.8. The second kappa shape index (κ2) is 6.80. The van der Waals surface area contributed by atoms with Gasteiger partial charge in [0.05, 0.1) is 22.4 Å². The number of nitrogens with zero attached hydrogens (tertiary/aromatic N) is 3. The summed E-state index contributed by atoms with van der Waals surface area (Å²) in [5, 5.41) is 23.0. The van der Waals surface area contributed by atoms with Crippen LogP contribution in [-0.4, -0.2) is 37.7 Å². The zero-order chi connectivity index (χ0) is 15.9. The van der Waals surface area contributed by atoms with Crippen LogP contribution in [0.25, 0.3) is 0 Å². The van der Waals surface area contributed by atoms with Crippen molar-refractivity contribution >= 4 is 47.4 Å². The van der Waals surface area contributed by atoms with Crippen molar-refractivity contribution in [1.82, 2.24) is 9.96 Å². The third kappa shape index (κ3) is 3.30. The number of benzene rings is 1. The van der Waals surface area contributed by atoms with Crippen molar-refractivity contribution in [3.8, 4) is 0 Å². The molecule has 3 rings (SSSR count). The van der Waals surface area contributed by atoms with Gasteiger partial charge in [0.25, 0.3) is 0 Å². The van der Waals surface area contributed by atoms with Crippen LogP contribution in [-0.2, 0) is 11.2 Å². The van der Waals surface area contributed by atoms with E-state index in [4.69, 9.17) is 23.2 Å². The van der Waals surface area contributed by atoms with Crippen molar-refractivity contribution in [2.75, 3.05) is 0 Å². The molecule has 2 heterocycles. The molecule has 1 aromatic rings. The molecule has 6 nitrogen and oxygen atoms in total. The quantitative estimate of drug-likeness (QED) is 0.489. The molecule has 2 aliphatic heterocycles. The van der Waals surface area contributed by atoms with E-state index >= 15 is 0 Å². The standard InChI is InChI=1S/C14H11Cl2N3O3.ClH/c15-11-2-1-9(8-12(11)16)7-10-3-4-17-5-6-18(21)14(20)13(17)19(10)22;/h1-6,8,10,21H,7H2;1H. The van der Waals surface area contributed by atoms with Crippen LogP contribution < -0.4 is 0 Å². The summed E-state index contributed by atoms with van der Waals surface area (Å²) in [6.07, 6.45) is 6.25. The highest BCUT2D eigenvalue weighted by Gasteiger charge is 2.37. The molecule has 9 heteroatoms. The smallest absolute Gasteiger partial charge is 0.364 e. The molecule has 0 spiro atoms.